The van der Waals surface area contributed by atoms with Gasteiger partial charge in [0, 0.05) is 5.75 Å². The number of para-hydroxylation sites is 1. The first-order valence-electron chi connectivity index (χ1n) is 6.68. The third-order valence-corrected chi connectivity index (χ3v) is 3.94. The normalized spacial score (nSPS) is 11.5. The summed E-state index contributed by atoms with van der Waals surface area (Å²) in [4.78, 5) is 4.69. The molecule has 2 rings (SSSR count). The van der Waals surface area contributed by atoms with Crippen molar-refractivity contribution < 1.29 is 0 Å². The van der Waals surface area contributed by atoms with Crippen LogP contribution in [0.15, 0.2) is 65.7 Å². The van der Waals surface area contributed by atoms with Crippen LogP contribution in [0.25, 0.3) is 0 Å². The molecule has 1 nitrogen and oxygen atoms in total. The van der Waals surface area contributed by atoms with Crippen LogP contribution in [0.1, 0.15) is 18.9 Å². The van der Waals surface area contributed by atoms with Crippen LogP contribution in [0.2, 0.25) is 0 Å². The van der Waals surface area contributed by atoms with E-state index in [9.17, 15) is 0 Å². The van der Waals surface area contributed by atoms with Crippen molar-refractivity contribution >= 4 is 22.5 Å². The Labute approximate surface area is 119 Å². The summed E-state index contributed by atoms with van der Waals surface area (Å²) >= 11 is 1.86. The summed E-state index contributed by atoms with van der Waals surface area (Å²) in [7, 11) is 0. The van der Waals surface area contributed by atoms with Gasteiger partial charge in [0.25, 0.3) is 0 Å². The van der Waals surface area contributed by atoms with Gasteiger partial charge in [0.15, 0.2) is 0 Å². The highest BCUT2D eigenvalue weighted by Gasteiger charge is 1.99. The lowest BCUT2D eigenvalue weighted by Crippen LogP contribution is -1.94. The number of aryl methyl sites for hydroxylation is 1. The van der Waals surface area contributed by atoms with E-state index in [2.05, 4.69) is 42.2 Å². The first-order valence-corrected chi connectivity index (χ1v) is 7.66. The highest BCUT2D eigenvalue weighted by molar-refractivity contribution is 8.13. The minimum Gasteiger partial charge on any atom is -0.247 e. The molecule has 0 aliphatic rings. The average Bonchev–Trinajstić information content (AvgIpc) is 2.48. The molecule has 0 saturated heterocycles. The van der Waals surface area contributed by atoms with Crippen LogP contribution in [0.5, 0.6) is 0 Å². The largest absolute Gasteiger partial charge is 0.247 e. The van der Waals surface area contributed by atoms with Crippen molar-refractivity contribution in [1.82, 2.24) is 0 Å². The van der Waals surface area contributed by atoms with E-state index >= 15 is 0 Å². The molecule has 0 aliphatic heterocycles. The van der Waals surface area contributed by atoms with Gasteiger partial charge in [0.1, 0.15) is 0 Å². The lowest BCUT2D eigenvalue weighted by molar-refractivity contribution is 1.16. The van der Waals surface area contributed by atoms with Crippen LogP contribution < -0.4 is 0 Å². The molecule has 0 unspecified atom stereocenters. The fraction of sp³-hybridized carbons (Fsp3) is 0.235. The molecule has 0 aromatic heterocycles. The van der Waals surface area contributed by atoms with E-state index in [1.807, 2.05) is 42.1 Å². The zero-order chi connectivity index (χ0) is 13.3. The molecule has 0 saturated carbocycles. The summed E-state index contributed by atoms with van der Waals surface area (Å²) in [6, 6.07) is 20.8. The lowest BCUT2D eigenvalue weighted by atomic mass is 10.2. The molecule has 0 bridgehead atoms. The second kappa shape index (κ2) is 7.80. The van der Waals surface area contributed by atoms with Gasteiger partial charge in [0.2, 0.25) is 0 Å². The standard InChI is InChI=1S/C17H19NS/c1-2-17(18-16-11-7-4-8-12-16)19-14-13-15-9-5-3-6-10-15/h3-12H,2,13-14H2,1H3. The van der Waals surface area contributed by atoms with Crippen molar-refractivity contribution in [2.75, 3.05) is 5.75 Å². The Kier molecular flexibility index (Phi) is 5.70. The molecule has 98 valence electrons. The van der Waals surface area contributed by atoms with Crippen LogP contribution in [-0.2, 0) is 6.42 Å². The summed E-state index contributed by atoms with van der Waals surface area (Å²) in [5.41, 5.74) is 2.44. The van der Waals surface area contributed by atoms with E-state index in [0.717, 1.165) is 24.3 Å². The highest BCUT2D eigenvalue weighted by atomic mass is 32.2. The third kappa shape index (κ3) is 4.92. The summed E-state index contributed by atoms with van der Waals surface area (Å²) in [6.45, 7) is 2.16. The molecule has 0 aliphatic carbocycles. The number of hydrogen-bond donors (Lipinski definition) is 0. The number of benzene rings is 2. The molecule has 0 amide bonds. The Morgan fingerprint density at radius 3 is 2.21 bits per heavy atom. The average molecular weight is 269 g/mol. The Balaban J connectivity index is 1.88. The van der Waals surface area contributed by atoms with Gasteiger partial charge in [-0.1, -0.05) is 55.5 Å². The molecule has 0 heterocycles. The highest BCUT2D eigenvalue weighted by Crippen LogP contribution is 2.17. The molecular formula is C17H19NS. The predicted octanol–water partition coefficient (Wildman–Crippen LogP) is 5.10. The van der Waals surface area contributed by atoms with Crippen molar-refractivity contribution in [1.29, 1.82) is 0 Å². The zero-order valence-electron chi connectivity index (χ0n) is 11.3. The Morgan fingerprint density at radius 1 is 0.947 bits per heavy atom. The molecule has 2 aromatic carbocycles. The summed E-state index contributed by atoms with van der Waals surface area (Å²) < 4.78 is 0. The van der Waals surface area contributed by atoms with Crippen LogP contribution >= 0.6 is 11.8 Å². The molecule has 19 heavy (non-hydrogen) atoms. The van der Waals surface area contributed by atoms with E-state index < -0.39 is 0 Å². The second-order valence-electron chi connectivity index (χ2n) is 4.28. The maximum atomic E-state index is 4.69. The first kappa shape index (κ1) is 13.9. The maximum Gasteiger partial charge on any atom is 0.0735 e. The monoisotopic (exact) mass is 269 g/mol. The second-order valence-corrected chi connectivity index (χ2v) is 5.45. The molecule has 0 N–H and O–H groups in total. The van der Waals surface area contributed by atoms with Crippen LogP contribution in [0.4, 0.5) is 5.69 Å². The van der Waals surface area contributed by atoms with Crippen LogP contribution in [-0.4, -0.2) is 10.8 Å². The predicted molar refractivity (Wildman–Crippen MR) is 86.4 cm³/mol. The summed E-state index contributed by atoms with van der Waals surface area (Å²) in [6.07, 6.45) is 2.09. The number of thioether (sulfide) groups is 1. The number of rotatable bonds is 5. The van der Waals surface area contributed by atoms with Crippen molar-refractivity contribution in [3.8, 4) is 0 Å². The smallest absolute Gasteiger partial charge is 0.0735 e. The SMILES string of the molecule is CCC(=Nc1ccccc1)SCCc1ccccc1. The fourth-order valence-corrected chi connectivity index (χ4v) is 2.74. The Morgan fingerprint density at radius 2 is 1.58 bits per heavy atom. The van der Waals surface area contributed by atoms with Gasteiger partial charge >= 0.3 is 0 Å². The molecule has 2 aromatic rings. The van der Waals surface area contributed by atoms with Crippen LogP contribution in [0.3, 0.4) is 0 Å². The number of hydrogen-bond acceptors (Lipinski definition) is 2. The Hall–Kier alpha value is -1.54. The summed E-state index contributed by atoms with van der Waals surface area (Å²) in [5, 5.41) is 1.21. The van der Waals surface area contributed by atoms with E-state index in [0.29, 0.717) is 0 Å². The van der Waals surface area contributed by atoms with E-state index in [1.165, 1.54) is 10.6 Å². The molecule has 0 atom stereocenters. The van der Waals surface area contributed by atoms with Gasteiger partial charge in [-0.3, -0.25) is 0 Å². The van der Waals surface area contributed by atoms with Gasteiger partial charge in [0.05, 0.1) is 10.7 Å². The molecule has 2 heteroatoms. The van der Waals surface area contributed by atoms with Crippen molar-refractivity contribution in [3.63, 3.8) is 0 Å². The topological polar surface area (TPSA) is 12.4 Å². The summed E-state index contributed by atoms with van der Waals surface area (Å²) in [5.74, 6) is 1.09. The molecule has 0 fully saturated rings. The number of aliphatic imine (C=N–C) groups is 1. The Bertz CT molecular complexity index is 505. The van der Waals surface area contributed by atoms with Crippen LogP contribution in [0, 0.1) is 0 Å². The maximum absolute atomic E-state index is 4.69. The molecular weight excluding hydrogens is 250 g/mol. The minimum absolute atomic E-state index is 0.994. The molecule has 0 spiro atoms. The van der Waals surface area contributed by atoms with Gasteiger partial charge < -0.3 is 0 Å². The van der Waals surface area contributed by atoms with Crippen molar-refractivity contribution in [2.45, 2.75) is 19.8 Å². The zero-order valence-corrected chi connectivity index (χ0v) is 12.1. The van der Waals surface area contributed by atoms with Gasteiger partial charge in [-0.05, 0) is 30.5 Å². The van der Waals surface area contributed by atoms with Gasteiger partial charge in [-0.15, -0.1) is 11.8 Å². The van der Waals surface area contributed by atoms with Gasteiger partial charge in [-0.2, -0.15) is 0 Å². The lowest BCUT2D eigenvalue weighted by Gasteiger charge is -2.04. The first-order chi connectivity index (χ1) is 9.38. The van der Waals surface area contributed by atoms with E-state index in [1.54, 1.807) is 0 Å². The van der Waals surface area contributed by atoms with Gasteiger partial charge in [-0.25, -0.2) is 4.99 Å². The number of nitrogens with zero attached hydrogens (tertiary/aromatic N) is 1. The van der Waals surface area contributed by atoms with E-state index in [4.69, 9.17) is 0 Å². The van der Waals surface area contributed by atoms with Crippen molar-refractivity contribution in [2.24, 2.45) is 4.99 Å². The minimum atomic E-state index is 0.994. The third-order valence-electron chi connectivity index (χ3n) is 2.81. The van der Waals surface area contributed by atoms with E-state index in [-0.39, 0.29) is 0 Å². The molecule has 0 radical (unpaired) electrons. The van der Waals surface area contributed by atoms with Crippen molar-refractivity contribution in [3.05, 3.63) is 66.2 Å². The fourth-order valence-electron chi connectivity index (χ4n) is 1.79. The quantitative estimate of drug-likeness (QED) is 0.543.